The Labute approximate surface area is 95.7 Å². The molecule has 0 atom stereocenters. The maximum atomic E-state index is 5.52. The summed E-state index contributed by atoms with van der Waals surface area (Å²) in [5, 5.41) is 1.71. The Bertz CT molecular complexity index is 274. The maximum absolute atomic E-state index is 5.52. The number of ether oxygens (including phenoxy) is 1. The van der Waals surface area contributed by atoms with E-state index >= 15 is 0 Å². The van der Waals surface area contributed by atoms with Gasteiger partial charge in [0, 0.05) is 16.2 Å². The van der Waals surface area contributed by atoms with Crippen LogP contribution in [0.3, 0.4) is 0 Å². The van der Waals surface area contributed by atoms with Crippen LogP contribution in [-0.2, 0) is 10.7 Å². The summed E-state index contributed by atoms with van der Waals surface area (Å²) in [5.41, 5.74) is 2.44. The molecule has 0 saturated heterocycles. The fourth-order valence-electron chi connectivity index (χ4n) is 1.08. The van der Waals surface area contributed by atoms with Crippen LogP contribution in [0.15, 0.2) is 18.2 Å². The molecule has 0 bridgehead atoms. The second-order valence-corrected chi connectivity index (χ2v) is 3.76. The van der Waals surface area contributed by atoms with Crippen molar-refractivity contribution < 1.29 is 4.74 Å². The molecule has 13 heavy (non-hydrogen) atoms. The summed E-state index contributed by atoms with van der Waals surface area (Å²) in [6.07, 6.45) is 0. The van der Waals surface area contributed by atoms with Gasteiger partial charge < -0.3 is 4.74 Å². The molecule has 3 heteroatoms. The van der Waals surface area contributed by atoms with Crippen LogP contribution < -0.4 is 4.74 Å². The van der Waals surface area contributed by atoms with Gasteiger partial charge in [0.05, 0.1) is 6.61 Å². The predicted octanol–water partition coefficient (Wildman–Crippen LogP) is 3.88. The maximum Gasteiger partial charge on any atom is 0.123 e. The van der Waals surface area contributed by atoms with Crippen LogP contribution in [0, 0.1) is 0 Å². The van der Waals surface area contributed by atoms with E-state index in [4.69, 9.17) is 4.74 Å². The summed E-state index contributed by atoms with van der Waals surface area (Å²) in [5.74, 6) is 0.983. The fraction of sp³-hybridized carbons (Fsp3) is 0.400. The summed E-state index contributed by atoms with van der Waals surface area (Å²) in [7, 11) is 0. The topological polar surface area (TPSA) is 9.23 Å². The van der Waals surface area contributed by atoms with Gasteiger partial charge in [-0.1, -0.05) is 44.0 Å². The van der Waals surface area contributed by atoms with Gasteiger partial charge in [-0.05, 0) is 18.6 Å². The van der Waals surface area contributed by atoms with Crippen molar-refractivity contribution >= 4 is 31.9 Å². The molecule has 0 aliphatic carbocycles. The molecule has 0 saturated carbocycles. The molecule has 1 nitrogen and oxygen atoms in total. The van der Waals surface area contributed by atoms with Crippen molar-refractivity contribution in [1.82, 2.24) is 0 Å². The zero-order chi connectivity index (χ0) is 9.68. The molecule has 0 fully saturated rings. The molecular formula is C10H12Br2O. The predicted molar refractivity (Wildman–Crippen MR) is 62.9 cm³/mol. The minimum atomic E-state index is 0.714. The van der Waals surface area contributed by atoms with Gasteiger partial charge in [-0.15, -0.1) is 0 Å². The highest BCUT2D eigenvalue weighted by Crippen LogP contribution is 2.23. The molecule has 1 rings (SSSR count). The molecule has 0 spiro atoms. The Hall–Kier alpha value is -0.0200. The van der Waals surface area contributed by atoms with Gasteiger partial charge in [0.1, 0.15) is 5.75 Å². The van der Waals surface area contributed by atoms with E-state index in [1.807, 2.05) is 6.92 Å². The van der Waals surface area contributed by atoms with Crippen LogP contribution in [0.25, 0.3) is 0 Å². The summed E-state index contributed by atoms with van der Waals surface area (Å²) >= 11 is 6.86. The van der Waals surface area contributed by atoms with E-state index in [2.05, 4.69) is 50.1 Å². The van der Waals surface area contributed by atoms with Crippen LogP contribution in [0.1, 0.15) is 18.1 Å². The molecule has 0 aliphatic rings. The monoisotopic (exact) mass is 306 g/mol. The Morgan fingerprint density at radius 1 is 1.23 bits per heavy atom. The Kier molecular flexibility index (Phi) is 4.81. The first kappa shape index (κ1) is 11.1. The summed E-state index contributed by atoms with van der Waals surface area (Å²) < 4.78 is 5.52. The van der Waals surface area contributed by atoms with Crippen LogP contribution in [0.2, 0.25) is 0 Å². The molecule has 0 unspecified atom stereocenters. The molecule has 0 radical (unpaired) electrons. The zero-order valence-electron chi connectivity index (χ0n) is 7.52. The van der Waals surface area contributed by atoms with E-state index in [1.165, 1.54) is 11.1 Å². The van der Waals surface area contributed by atoms with Crippen LogP contribution in [-0.4, -0.2) is 6.61 Å². The van der Waals surface area contributed by atoms with Crippen LogP contribution in [0.4, 0.5) is 0 Å². The quantitative estimate of drug-likeness (QED) is 0.767. The standard InChI is InChI=1S/C10H12Br2O/c1-2-13-10-5-8(6-11)3-4-9(10)7-12/h3-5H,2,6-7H2,1H3. The van der Waals surface area contributed by atoms with Crippen molar-refractivity contribution in [2.75, 3.05) is 6.61 Å². The summed E-state index contributed by atoms with van der Waals surface area (Å²) in [4.78, 5) is 0. The van der Waals surface area contributed by atoms with Gasteiger partial charge in [-0.2, -0.15) is 0 Å². The lowest BCUT2D eigenvalue weighted by Gasteiger charge is -2.09. The SMILES string of the molecule is CCOc1cc(CBr)ccc1CBr. The number of alkyl halides is 2. The van der Waals surface area contributed by atoms with Crippen molar-refractivity contribution in [3.05, 3.63) is 29.3 Å². The second-order valence-electron chi connectivity index (χ2n) is 2.64. The first-order valence-electron chi connectivity index (χ1n) is 4.18. The van der Waals surface area contributed by atoms with Gasteiger partial charge >= 0.3 is 0 Å². The molecule has 1 aromatic carbocycles. The first-order valence-corrected chi connectivity index (χ1v) is 6.42. The molecular weight excluding hydrogens is 296 g/mol. The third-order valence-corrected chi connectivity index (χ3v) is 2.98. The molecule has 0 N–H and O–H groups in total. The van der Waals surface area contributed by atoms with E-state index in [1.54, 1.807) is 0 Å². The third kappa shape index (κ3) is 2.99. The fourth-order valence-corrected chi connectivity index (χ4v) is 1.89. The van der Waals surface area contributed by atoms with E-state index in [9.17, 15) is 0 Å². The zero-order valence-corrected chi connectivity index (χ0v) is 10.7. The van der Waals surface area contributed by atoms with Gasteiger partial charge in [-0.25, -0.2) is 0 Å². The Balaban J connectivity index is 2.95. The van der Waals surface area contributed by atoms with Crippen molar-refractivity contribution in [1.29, 1.82) is 0 Å². The average molecular weight is 308 g/mol. The van der Waals surface area contributed by atoms with Crippen molar-refractivity contribution in [3.63, 3.8) is 0 Å². The summed E-state index contributed by atoms with van der Waals surface area (Å²) in [6.45, 7) is 2.71. The highest BCUT2D eigenvalue weighted by atomic mass is 79.9. The summed E-state index contributed by atoms with van der Waals surface area (Å²) in [6, 6.07) is 6.28. The van der Waals surface area contributed by atoms with E-state index in [-0.39, 0.29) is 0 Å². The molecule has 1 aromatic rings. The van der Waals surface area contributed by atoms with Gasteiger partial charge in [0.2, 0.25) is 0 Å². The minimum Gasteiger partial charge on any atom is -0.494 e. The number of hydrogen-bond acceptors (Lipinski definition) is 1. The second kappa shape index (κ2) is 5.66. The number of hydrogen-bond donors (Lipinski definition) is 0. The van der Waals surface area contributed by atoms with E-state index in [0.29, 0.717) is 6.61 Å². The van der Waals surface area contributed by atoms with Crippen LogP contribution >= 0.6 is 31.9 Å². The highest BCUT2D eigenvalue weighted by Gasteiger charge is 2.02. The third-order valence-electron chi connectivity index (χ3n) is 1.73. The number of benzene rings is 1. The lowest BCUT2D eigenvalue weighted by Crippen LogP contribution is -1.96. The molecule has 0 aliphatic heterocycles. The smallest absolute Gasteiger partial charge is 0.123 e. The lowest BCUT2D eigenvalue weighted by molar-refractivity contribution is 0.337. The van der Waals surface area contributed by atoms with E-state index < -0.39 is 0 Å². The van der Waals surface area contributed by atoms with Crippen LogP contribution in [0.5, 0.6) is 5.75 Å². The van der Waals surface area contributed by atoms with Crippen molar-refractivity contribution in [2.45, 2.75) is 17.6 Å². The average Bonchev–Trinajstić information content (AvgIpc) is 2.18. The molecule has 0 heterocycles. The largest absolute Gasteiger partial charge is 0.494 e. The highest BCUT2D eigenvalue weighted by molar-refractivity contribution is 9.08. The van der Waals surface area contributed by atoms with Crippen molar-refractivity contribution in [3.8, 4) is 5.75 Å². The normalized spacial score (nSPS) is 10.1. The number of halogens is 2. The van der Waals surface area contributed by atoms with Gasteiger partial charge in [-0.3, -0.25) is 0 Å². The van der Waals surface area contributed by atoms with Gasteiger partial charge in [0.15, 0.2) is 0 Å². The van der Waals surface area contributed by atoms with E-state index in [0.717, 1.165) is 16.4 Å². The molecule has 72 valence electrons. The number of rotatable bonds is 4. The molecule has 0 aromatic heterocycles. The first-order chi connectivity index (χ1) is 6.31. The minimum absolute atomic E-state index is 0.714. The lowest BCUT2D eigenvalue weighted by atomic mass is 10.1. The van der Waals surface area contributed by atoms with Crippen molar-refractivity contribution in [2.24, 2.45) is 0 Å². The Morgan fingerprint density at radius 2 is 2.00 bits per heavy atom. The molecule has 0 amide bonds. The van der Waals surface area contributed by atoms with Gasteiger partial charge in [0.25, 0.3) is 0 Å². The Morgan fingerprint density at radius 3 is 2.54 bits per heavy atom.